The van der Waals surface area contributed by atoms with Crippen molar-refractivity contribution in [1.82, 2.24) is 5.32 Å². The SMILES string of the molecule is CCCOc1ccc(CNC(=O)C2Nc3ccc(F)cc3C2c2ccccc2)cc1O. The minimum atomic E-state index is -0.569. The largest absolute Gasteiger partial charge is 0.504 e. The van der Waals surface area contributed by atoms with Crippen molar-refractivity contribution in [2.45, 2.75) is 31.8 Å². The Labute approximate surface area is 180 Å². The predicted octanol–water partition coefficient (Wildman–Crippen LogP) is 4.56. The van der Waals surface area contributed by atoms with Gasteiger partial charge in [-0.15, -0.1) is 0 Å². The normalized spacial score (nSPS) is 17.0. The maximum Gasteiger partial charge on any atom is 0.243 e. The average molecular weight is 420 g/mol. The van der Waals surface area contributed by atoms with Gasteiger partial charge in [0, 0.05) is 18.2 Å². The number of aromatic hydroxyl groups is 1. The molecule has 3 aromatic carbocycles. The van der Waals surface area contributed by atoms with Crippen molar-refractivity contribution in [3.63, 3.8) is 0 Å². The van der Waals surface area contributed by atoms with E-state index in [9.17, 15) is 14.3 Å². The summed E-state index contributed by atoms with van der Waals surface area (Å²) in [5.74, 6) is -0.356. The summed E-state index contributed by atoms with van der Waals surface area (Å²) < 4.78 is 19.4. The van der Waals surface area contributed by atoms with Crippen LogP contribution in [-0.2, 0) is 11.3 Å². The summed E-state index contributed by atoms with van der Waals surface area (Å²) in [6.07, 6.45) is 0.848. The van der Waals surface area contributed by atoms with Crippen molar-refractivity contribution < 1.29 is 19.0 Å². The average Bonchev–Trinajstić information content (AvgIpc) is 3.16. The molecule has 0 saturated carbocycles. The van der Waals surface area contributed by atoms with Crippen LogP contribution in [-0.4, -0.2) is 23.7 Å². The number of anilines is 1. The minimum absolute atomic E-state index is 0.0456. The number of halogens is 1. The van der Waals surface area contributed by atoms with E-state index in [1.807, 2.05) is 43.3 Å². The van der Waals surface area contributed by atoms with E-state index < -0.39 is 6.04 Å². The lowest BCUT2D eigenvalue weighted by molar-refractivity contribution is -0.122. The number of fused-ring (bicyclic) bond motifs is 1. The van der Waals surface area contributed by atoms with E-state index >= 15 is 0 Å². The van der Waals surface area contributed by atoms with E-state index in [0.717, 1.165) is 28.8 Å². The van der Waals surface area contributed by atoms with Crippen molar-refractivity contribution in [2.75, 3.05) is 11.9 Å². The van der Waals surface area contributed by atoms with E-state index in [4.69, 9.17) is 4.74 Å². The smallest absolute Gasteiger partial charge is 0.243 e. The molecular formula is C25H25FN2O3. The lowest BCUT2D eigenvalue weighted by atomic mass is 9.87. The monoisotopic (exact) mass is 420 g/mol. The summed E-state index contributed by atoms with van der Waals surface area (Å²) in [4.78, 5) is 13.1. The zero-order valence-corrected chi connectivity index (χ0v) is 17.3. The van der Waals surface area contributed by atoms with Crippen LogP contribution in [0.5, 0.6) is 11.5 Å². The zero-order chi connectivity index (χ0) is 21.8. The molecule has 5 nitrogen and oxygen atoms in total. The third-order valence-corrected chi connectivity index (χ3v) is 5.39. The molecule has 0 radical (unpaired) electrons. The van der Waals surface area contributed by atoms with Gasteiger partial charge in [-0.2, -0.15) is 0 Å². The highest BCUT2D eigenvalue weighted by atomic mass is 19.1. The van der Waals surface area contributed by atoms with Crippen LogP contribution >= 0.6 is 0 Å². The summed E-state index contributed by atoms with van der Waals surface area (Å²) >= 11 is 0. The molecule has 1 aliphatic heterocycles. The standard InChI is InChI=1S/C25H25FN2O3/c1-2-12-31-22-11-8-16(13-21(22)29)15-27-25(30)24-23(17-6-4-3-5-7-17)19-14-18(26)9-10-20(19)28-24/h3-11,13-14,23-24,28-29H,2,12,15H2,1H3,(H,27,30). The highest BCUT2D eigenvalue weighted by Gasteiger charge is 2.38. The van der Waals surface area contributed by atoms with Crippen molar-refractivity contribution in [2.24, 2.45) is 0 Å². The molecular weight excluding hydrogens is 395 g/mol. The number of hydrogen-bond acceptors (Lipinski definition) is 4. The van der Waals surface area contributed by atoms with Crippen LogP contribution in [0.1, 0.15) is 36.0 Å². The van der Waals surface area contributed by atoms with Gasteiger partial charge in [0.2, 0.25) is 5.91 Å². The first-order valence-electron chi connectivity index (χ1n) is 10.4. The molecule has 0 spiro atoms. The number of ether oxygens (including phenoxy) is 1. The number of phenolic OH excluding ortho intramolecular Hbond substituents is 1. The van der Waals surface area contributed by atoms with Crippen molar-refractivity contribution in [3.8, 4) is 11.5 Å². The Kier molecular flexibility index (Phi) is 6.07. The molecule has 3 N–H and O–H groups in total. The van der Waals surface area contributed by atoms with Gasteiger partial charge in [-0.3, -0.25) is 4.79 Å². The fraction of sp³-hybridized carbons (Fsp3) is 0.240. The maximum absolute atomic E-state index is 13.9. The Morgan fingerprint density at radius 1 is 1.13 bits per heavy atom. The topological polar surface area (TPSA) is 70.6 Å². The van der Waals surface area contributed by atoms with Crippen LogP contribution in [0.25, 0.3) is 0 Å². The molecule has 6 heteroatoms. The van der Waals surface area contributed by atoms with Gasteiger partial charge in [-0.25, -0.2) is 4.39 Å². The molecule has 0 bridgehead atoms. The molecule has 4 rings (SSSR count). The third-order valence-electron chi connectivity index (χ3n) is 5.39. The van der Waals surface area contributed by atoms with Crippen LogP contribution in [0, 0.1) is 5.82 Å². The molecule has 3 aromatic rings. The molecule has 31 heavy (non-hydrogen) atoms. The van der Waals surface area contributed by atoms with Gasteiger partial charge in [0.05, 0.1) is 6.61 Å². The van der Waals surface area contributed by atoms with Gasteiger partial charge in [-0.05, 0) is 53.4 Å². The summed E-state index contributed by atoms with van der Waals surface area (Å²) in [5.41, 5.74) is 3.22. The van der Waals surface area contributed by atoms with Gasteiger partial charge in [0.1, 0.15) is 11.9 Å². The predicted molar refractivity (Wildman–Crippen MR) is 118 cm³/mol. The van der Waals surface area contributed by atoms with Crippen LogP contribution in [0.2, 0.25) is 0 Å². The lowest BCUT2D eigenvalue weighted by Gasteiger charge is -2.20. The van der Waals surface area contributed by atoms with Crippen LogP contribution in [0.15, 0.2) is 66.7 Å². The Bertz CT molecular complexity index is 1070. The first-order valence-corrected chi connectivity index (χ1v) is 10.4. The first kappa shape index (κ1) is 20.7. The van der Waals surface area contributed by atoms with Crippen molar-refractivity contribution >= 4 is 11.6 Å². The second-order valence-corrected chi connectivity index (χ2v) is 7.61. The Hall–Kier alpha value is -3.54. The van der Waals surface area contributed by atoms with E-state index in [1.165, 1.54) is 12.1 Å². The molecule has 160 valence electrons. The van der Waals surface area contributed by atoms with Gasteiger partial charge < -0.3 is 20.5 Å². The number of phenols is 1. The molecule has 0 aromatic heterocycles. The first-order chi connectivity index (χ1) is 15.1. The second kappa shape index (κ2) is 9.08. The zero-order valence-electron chi connectivity index (χ0n) is 17.3. The summed E-state index contributed by atoms with van der Waals surface area (Å²) in [5, 5.41) is 16.3. The van der Waals surface area contributed by atoms with Crippen LogP contribution in [0.4, 0.5) is 10.1 Å². The third kappa shape index (κ3) is 4.48. The highest BCUT2D eigenvalue weighted by molar-refractivity contribution is 5.89. The van der Waals surface area contributed by atoms with E-state index in [-0.39, 0.29) is 29.9 Å². The number of nitrogens with one attached hydrogen (secondary N) is 2. The Balaban J connectivity index is 1.51. The second-order valence-electron chi connectivity index (χ2n) is 7.61. The number of benzene rings is 3. The summed E-state index contributed by atoms with van der Waals surface area (Å²) in [6.45, 7) is 2.78. The van der Waals surface area contributed by atoms with E-state index in [0.29, 0.717) is 12.4 Å². The van der Waals surface area contributed by atoms with Crippen LogP contribution < -0.4 is 15.4 Å². The lowest BCUT2D eigenvalue weighted by Crippen LogP contribution is -2.40. The van der Waals surface area contributed by atoms with Gasteiger partial charge >= 0.3 is 0 Å². The quantitative estimate of drug-likeness (QED) is 0.524. The van der Waals surface area contributed by atoms with Gasteiger partial charge in [0.15, 0.2) is 11.5 Å². The van der Waals surface area contributed by atoms with Crippen molar-refractivity contribution in [3.05, 3.63) is 89.2 Å². The van der Waals surface area contributed by atoms with Gasteiger partial charge in [0.25, 0.3) is 0 Å². The van der Waals surface area contributed by atoms with E-state index in [2.05, 4.69) is 10.6 Å². The molecule has 1 aliphatic rings. The fourth-order valence-corrected chi connectivity index (χ4v) is 3.91. The maximum atomic E-state index is 13.9. The number of carbonyl (C=O) groups is 1. The Morgan fingerprint density at radius 3 is 2.68 bits per heavy atom. The number of amides is 1. The van der Waals surface area contributed by atoms with Crippen LogP contribution in [0.3, 0.4) is 0 Å². The molecule has 1 amide bonds. The summed E-state index contributed by atoms with van der Waals surface area (Å²) in [7, 11) is 0. The molecule has 2 unspecified atom stereocenters. The number of carbonyl (C=O) groups excluding carboxylic acids is 1. The highest BCUT2D eigenvalue weighted by Crippen LogP contribution is 2.40. The number of rotatable bonds is 7. The summed E-state index contributed by atoms with van der Waals surface area (Å²) in [6, 6.07) is 18.7. The number of hydrogen-bond donors (Lipinski definition) is 3. The molecule has 1 heterocycles. The molecule has 2 atom stereocenters. The molecule has 0 aliphatic carbocycles. The Morgan fingerprint density at radius 2 is 1.94 bits per heavy atom. The molecule has 0 fully saturated rings. The van der Waals surface area contributed by atoms with E-state index in [1.54, 1.807) is 18.2 Å². The van der Waals surface area contributed by atoms with Crippen molar-refractivity contribution in [1.29, 1.82) is 0 Å². The molecule has 0 saturated heterocycles. The minimum Gasteiger partial charge on any atom is -0.504 e. The van der Waals surface area contributed by atoms with Gasteiger partial charge in [-0.1, -0.05) is 43.3 Å². The fourth-order valence-electron chi connectivity index (χ4n) is 3.91.